The third kappa shape index (κ3) is 5.28. The minimum Gasteiger partial charge on any atom is -0.462 e. The van der Waals surface area contributed by atoms with Crippen molar-refractivity contribution in [2.45, 2.75) is 32.1 Å². The lowest BCUT2D eigenvalue weighted by atomic mass is 9.83. The second-order valence-electron chi connectivity index (χ2n) is 8.03. The summed E-state index contributed by atoms with van der Waals surface area (Å²) in [5.41, 5.74) is 9.06. The van der Waals surface area contributed by atoms with Gasteiger partial charge < -0.3 is 20.5 Å². The molecule has 0 radical (unpaired) electrons. The van der Waals surface area contributed by atoms with E-state index in [1.165, 1.54) is 29.0 Å². The molecule has 176 valence electrons. The van der Waals surface area contributed by atoms with Crippen molar-refractivity contribution in [1.29, 1.82) is 0 Å². The number of esters is 2. The van der Waals surface area contributed by atoms with E-state index in [2.05, 4.69) is 17.4 Å². The molecule has 0 aliphatic heterocycles. The van der Waals surface area contributed by atoms with Crippen LogP contribution in [0.25, 0.3) is 0 Å². The van der Waals surface area contributed by atoms with E-state index >= 15 is 0 Å². The normalized spacial score (nSPS) is 14.7. The fourth-order valence-corrected chi connectivity index (χ4v) is 5.43. The first kappa shape index (κ1) is 23.5. The Kier molecular flexibility index (Phi) is 7.27. The number of thiophene rings is 1. The number of amides is 1. The van der Waals surface area contributed by atoms with E-state index < -0.39 is 24.5 Å². The van der Waals surface area contributed by atoms with Crippen LogP contribution in [0.2, 0.25) is 0 Å². The maximum absolute atomic E-state index is 12.7. The van der Waals surface area contributed by atoms with Gasteiger partial charge in [0.25, 0.3) is 5.91 Å². The number of hydrogen-bond donors (Lipinski definition) is 2. The summed E-state index contributed by atoms with van der Waals surface area (Å²) < 4.78 is 10.4. The Bertz CT molecular complexity index is 1190. The first-order valence-corrected chi connectivity index (χ1v) is 12.0. The summed E-state index contributed by atoms with van der Waals surface area (Å²) in [6.07, 6.45) is 2.42. The summed E-state index contributed by atoms with van der Waals surface area (Å²) in [6, 6.07) is 16.5. The number of nitrogens with two attached hydrogens (primary N) is 1. The van der Waals surface area contributed by atoms with Crippen molar-refractivity contribution < 1.29 is 23.9 Å². The zero-order valence-corrected chi connectivity index (χ0v) is 19.7. The number of nitrogens with one attached hydrogen (secondary N) is 1. The lowest BCUT2D eigenvalue weighted by Crippen LogP contribution is -2.22. The van der Waals surface area contributed by atoms with E-state index in [0.717, 1.165) is 29.7 Å². The van der Waals surface area contributed by atoms with Crippen LogP contribution in [-0.2, 0) is 27.1 Å². The number of ether oxygens (including phenoxy) is 2. The Morgan fingerprint density at radius 3 is 2.47 bits per heavy atom. The van der Waals surface area contributed by atoms with Crippen molar-refractivity contribution >= 4 is 39.9 Å². The minimum absolute atomic E-state index is 0.239. The number of nitrogen functional groups attached to an aromatic ring is 1. The molecular weight excluding hydrogens is 452 g/mol. The Hall–Kier alpha value is -3.65. The van der Waals surface area contributed by atoms with Crippen LogP contribution in [0.3, 0.4) is 0 Å². The van der Waals surface area contributed by atoms with Gasteiger partial charge in [-0.25, -0.2) is 9.59 Å². The first-order chi connectivity index (χ1) is 16.5. The monoisotopic (exact) mass is 478 g/mol. The van der Waals surface area contributed by atoms with Gasteiger partial charge in [-0.15, -0.1) is 11.3 Å². The van der Waals surface area contributed by atoms with E-state index in [4.69, 9.17) is 15.2 Å². The predicted molar refractivity (Wildman–Crippen MR) is 131 cm³/mol. The largest absolute Gasteiger partial charge is 0.462 e. The number of hydrogen-bond acceptors (Lipinski definition) is 7. The van der Waals surface area contributed by atoms with Crippen LogP contribution in [0, 0.1) is 0 Å². The molecule has 1 aliphatic carbocycles. The van der Waals surface area contributed by atoms with Crippen molar-refractivity contribution in [3.63, 3.8) is 0 Å². The van der Waals surface area contributed by atoms with E-state index in [9.17, 15) is 14.4 Å². The highest BCUT2D eigenvalue weighted by atomic mass is 32.1. The Balaban J connectivity index is 1.49. The molecule has 1 amide bonds. The summed E-state index contributed by atoms with van der Waals surface area (Å²) in [4.78, 5) is 38.6. The molecule has 8 heteroatoms. The van der Waals surface area contributed by atoms with Crippen LogP contribution < -0.4 is 11.1 Å². The van der Waals surface area contributed by atoms with Gasteiger partial charge in [0.2, 0.25) is 0 Å². The number of carbonyl (C=O) groups excluding carboxylic acids is 3. The van der Waals surface area contributed by atoms with Gasteiger partial charge >= 0.3 is 11.9 Å². The number of fused-ring (bicyclic) bond motifs is 1. The molecule has 34 heavy (non-hydrogen) atoms. The van der Waals surface area contributed by atoms with E-state index in [-0.39, 0.29) is 6.61 Å². The molecule has 1 atom stereocenters. The summed E-state index contributed by atoms with van der Waals surface area (Å²) >= 11 is 1.39. The minimum atomic E-state index is -0.628. The molecule has 4 rings (SSSR count). The molecule has 0 fully saturated rings. The molecule has 3 aromatic rings. The van der Waals surface area contributed by atoms with Gasteiger partial charge in [-0.2, -0.15) is 0 Å². The van der Waals surface area contributed by atoms with Crippen molar-refractivity contribution in [2.75, 3.05) is 24.3 Å². The molecule has 3 N–H and O–H groups in total. The maximum atomic E-state index is 12.7. The van der Waals surface area contributed by atoms with E-state index in [1.54, 1.807) is 19.1 Å². The maximum Gasteiger partial charge on any atom is 0.341 e. The van der Waals surface area contributed by atoms with Gasteiger partial charge in [-0.1, -0.05) is 30.3 Å². The third-order valence-electron chi connectivity index (χ3n) is 5.75. The van der Waals surface area contributed by atoms with E-state index in [0.29, 0.717) is 27.7 Å². The Labute approximate surface area is 201 Å². The van der Waals surface area contributed by atoms with Gasteiger partial charge in [-0.05, 0) is 67.5 Å². The van der Waals surface area contributed by atoms with Crippen LogP contribution in [0.4, 0.5) is 10.7 Å². The molecule has 7 nitrogen and oxygen atoms in total. The summed E-state index contributed by atoms with van der Waals surface area (Å²) in [7, 11) is 0. The second kappa shape index (κ2) is 10.5. The van der Waals surface area contributed by atoms with E-state index in [1.807, 2.05) is 18.2 Å². The molecule has 2 aromatic carbocycles. The molecule has 1 aliphatic rings. The molecule has 1 unspecified atom stereocenters. The zero-order chi connectivity index (χ0) is 24.1. The molecule has 0 saturated heterocycles. The lowest BCUT2D eigenvalue weighted by molar-refractivity contribution is -0.119. The first-order valence-electron chi connectivity index (χ1n) is 11.1. The average Bonchev–Trinajstić information content (AvgIpc) is 3.20. The van der Waals surface area contributed by atoms with Gasteiger partial charge in [0.15, 0.2) is 6.61 Å². The van der Waals surface area contributed by atoms with Crippen molar-refractivity contribution in [3.05, 3.63) is 81.7 Å². The third-order valence-corrected chi connectivity index (χ3v) is 6.92. The lowest BCUT2D eigenvalue weighted by Gasteiger charge is -2.23. The fourth-order valence-electron chi connectivity index (χ4n) is 4.10. The average molecular weight is 479 g/mol. The van der Waals surface area contributed by atoms with Crippen molar-refractivity contribution in [3.8, 4) is 0 Å². The summed E-state index contributed by atoms with van der Waals surface area (Å²) in [6.45, 7) is 1.51. The standard InChI is InChI=1S/C26H26N2O5S/c1-2-32-26(31)23-20-13-10-18(16-6-4-3-5-7-16)14-21(20)34-24(23)28-22(29)15-33-25(30)17-8-11-19(27)12-9-17/h3-9,11-12,18H,2,10,13-15,27H2,1H3,(H,28,29). The Morgan fingerprint density at radius 2 is 1.76 bits per heavy atom. The molecule has 1 heterocycles. The SMILES string of the molecule is CCOC(=O)c1c(NC(=O)COC(=O)c2ccc(N)cc2)sc2c1CCC(c1ccccc1)C2. The van der Waals surface area contributed by atoms with Crippen LogP contribution in [-0.4, -0.2) is 31.1 Å². The zero-order valence-electron chi connectivity index (χ0n) is 18.8. The molecule has 0 saturated carbocycles. The summed E-state index contributed by atoms with van der Waals surface area (Å²) in [5, 5.41) is 3.19. The fraction of sp³-hybridized carbons (Fsp3) is 0.269. The number of anilines is 2. The molecule has 0 bridgehead atoms. The van der Waals surface area contributed by atoms with Crippen LogP contribution in [0.1, 0.15) is 56.0 Å². The van der Waals surface area contributed by atoms with Crippen LogP contribution in [0.5, 0.6) is 0 Å². The van der Waals surface area contributed by atoms with Crippen LogP contribution in [0.15, 0.2) is 54.6 Å². The second-order valence-corrected chi connectivity index (χ2v) is 9.13. The number of rotatable bonds is 7. The van der Waals surface area contributed by atoms with Crippen molar-refractivity contribution in [2.24, 2.45) is 0 Å². The highest BCUT2D eigenvalue weighted by molar-refractivity contribution is 7.17. The number of carbonyl (C=O) groups is 3. The van der Waals surface area contributed by atoms with Gasteiger partial charge in [-0.3, -0.25) is 4.79 Å². The Morgan fingerprint density at radius 1 is 1.03 bits per heavy atom. The smallest absolute Gasteiger partial charge is 0.341 e. The van der Waals surface area contributed by atoms with Gasteiger partial charge in [0.1, 0.15) is 5.00 Å². The molecular formula is C26H26N2O5S. The van der Waals surface area contributed by atoms with Gasteiger partial charge in [0.05, 0.1) is 17.7 Å². The van der Waals surface area contributed by atoms with Crippen LogP contribution >= 0.6 is 11.3 Å². The molecule has 0 spiro atoms. The highest BCUT2D eigenvalue weighted by Gasteiger charge is 2.31. The summed E-state index contributed by atoms with van der Waals surface area (Å²) in [5.74, 6) is -1.25. The topological polar surface area (TPSA) is 108 Å². The molecule has 1 aromatic heterocycles. The van der Waals surface area contributed by atoms with Gasteiger partial charge in [0, 0.05) is 10.6 Å². The quantitative estimate of drug-likeness (QED) is 0.380. The number of benzene rings is 2. The van der Waals surface area contributed by atoms with Crippen molar-refractivity contribution in [1.82, 2.24) is 0 Å². The highest BCUT2D eigenvalue weighted by Crippen LogP contribution is 2.42. The predicted octanol–water partition coefficient (Wildman–Crippen LogP) is 4.58.